The monoisotopic (exact) mass is 432 g/mol. The van der Waals surface area contributed by atoms with Crippen LogP contribution in [0.3, 0.4) is 0 Å². The number of furan rings is 1. The van der Waals surface area contributed by atoms with Crippen LogP contribution in [-0.2, 0) is 26.3 Å². The van der Waals surface area contributed by atoms with Crippen LogP contribution in [0, 0.1) is 19.3 Å². The highest BCUT2D eigenvalue weighted by Gasteiger charge is 2.56. The molecule has 1 atom stereocenters. The molecular weight excluding hydrogens is 404 g/mol. The second kappa shape index (κ2) is 9.04. The minimum atomic E-state index is -1.21. The fourth-order valence-corrected chi connectivity index (χ4v) is 5.15. The molecule has 6 nitrogen and oxygen atoms in total. The summed E-state index contributed by atoms with van der Waals surface area (Å²) in [4.78, 5) is 43.5. The fraction of sp³-hybridized carbons (Fsp3) is 0.423. The van der Waals surface area contributed by atoms with Crippen LogP contribution in [0.2, 0.25) is 0 Å². The minimum Gasteiger partial charge on any atom is -0.467 e. The van der Waals surface area contributed by atoms with Gasteiger partial charge in [-0.3, -0.25) is 19.3 Å². The lowest BCUT2D eigenvalue weighted by Crippen LogP contribution is -2.46. The fourth-order valence-electron chi connectivity index (χ4n) is 5.15. The van der Waals surface area contributed by atoms with E-state index in [-0.39, 0.29) is 49.7 Å². The first-order valence-electron chi connectivity index (χ1n) is 11.1. The highest BCUT2D eigenvalue weighted by molar-refractivity contribution is 6.11. The summed E-state index contributed by atoms with van der Waals surface area (Å²) in [5.41, 5.74) is 0.424. The summed E-state index contributed by atoms with van der Waals surface area (Å²) in [6.07, 6.45) is 10.6. The molecule has 2 fully saturated rings. The molecule has 166 valence electrons. The second-order valence-electron chi connectivity index (χ2n) is 8.79. The highest BCUT2D eigenvalue weighted by Crippen LogP contribution is 2.44. The van der Waals surface area contributed by atoms with Crippen LogP contribution < -0.4 is 0 Å². The number of nitrogens with zero attached hydrogens (tertiary/aromatic N) is 2. The summed E-state index contributed by atoms with van der Waals surface area (Å²) in [6.45, 7) is 2.23. The molecule has 2 aromatic rings. The highest BCUT2D eigenvalue weighted by atomic mass is 16.3. The van der Waals surface area contributed by atoms with Crippen molar-refractivity contribution in [2.45, 2.75) is 63.5 Å². The lowest BCUT2D eigenvalue weighted by molar-refractivity contribution is -0.144. The molecule has 0 unspecified atom stereocenters. The summed E-state index contributed by atoms with van der Waals surface area (Å²) in [5.74, 6) is 2.43. The number of benzene rings is 1. The van der Waals surface area contributed by atoms with E-state index in [2.05, 4.69) is 5.92 Å². The molecule has 32 heavy (non-hydrogen) atoms. The zero-order chi connectivity index (χ0) is 22.7. The summed E-state index contributed by atoms with van der Waals surface area (Å²) >= 11 is 0. The van der Waals surface area contributed by atoms with Crippen LogP contribution in [0.5, 0.6) is 0 Å². The van der Waals surface area contributed by atoms with E-state index >= 15 is 0 Å². The Bertz CT molecular complexity index is 1050. The van der Waals surface area contributed by atoms with Gasteiger partial charge in [-0.15, -0.1) is 6.42 Å². The Morgan fingerprint density at radius 3 is 2.62 bits per heavy atom. The van der Waals surface area contributed by atoms with Gasteiger partial charge in [-0.1, -0.05) is 43.0 Å². The predicted octanol–water partition coefficient (Wildman–Crippen LogP) is 3.58. The average Bonchev–Trinajstić information content (AvgIpc) is 3.51. The first kappa shape index (κ1) is 21.9. The van der Waals surface area contributed by atoms with Crippen LogP contribution in [0.15, 0.2) is 47.1 Å². The molecule has 4 rings (SSSR count). The summed E-state index contributed by atoms with van der Waals surface area (Å²) in [6, 6.07) is 11.0. The van der Waals surface area contributed by atoms with Crippen LogP contribution in [0.4, 0.5) is 0 Å². The van der Waals surface area contributed by atoms with Crippen molar-refractivity contribution in [3.63, 3.8) is 0 Å². The average molecular weight is 433 g/mol. The molecule has 1 aliphatic heterocycles. The van der Waals surface area contributed by atoms with Crippen LogP contribution in [-0.4, -0.2) is 40.1 Å². The van der Waals surface area contributed by atoms with Crippen molar-refractivity contribution in [3.05, 3.63) is 59.5 Å². The summed E-state index contributed by atoms with van der Waals surface area (Å²) < 4.78 is 5.39. The molecule has 0 spiro atoms. The molecular formula is C26H28N2O4. The van der Waals surface area contributed by atoms with Gasteiger partial charge >= 0.3 is 0 Å². The molecule has 1 aromatic heterocycles. The van der Waals surface area contributed by atoms with Gasteiger partial charge in [0.1, 0.15) is 5.76 Å². The van der Waals surface area contributed by atoms with Gasteiger partial charge in [-0.05, 0) is 43.0 Å². The van der Waals surface area contributed by atoms with Gasteiger partial charge in [0.2, 0.25) is 17.7 Å². The van der Waals surface area contributed by atoms with Gasteiger partial charge in [0.25, 0.3) is 0 Å². The number of imide groups is 1. The van der Waals surface area contributed by atoms with Gasteiger partial charge in [-0.25, -0.2) is 0 Å². The molecule has 0 bridgehead atoms. The molecule has 1 saturated heterocycles. The van der Waals surface area contributed by atoms with E-state index in [0.29, 0.717) is 5.76 Å². The maximum atomic E-state index is 13.9. The molecule has 1 aromatic carbocycles. The number of hydrogen-bond donors (Lipinski definition) is 0. The zero-order valence-electron chi connectivity index (χ0n) is 18.4. The molecule has 6 heteroatoms. The number of likely N-dealkylation sites (tertiary alicyclic amines) is 1. The number of aryl methyl sites for hydroxylation is 1. The Labute approximate surface area is 188 Å². The lowest BCUT2D eigenvalue weighted by atomic mass is 9.73. The van der Waals surface area contributed by atoms with Crippen LogP contribution >= 0.6 is 0 Å². The second-order valence-corrected chi connectivity index (χ2v) is 8.79. The molecule has 1 aliphatic carbocycles. The van der Waals surface area contributed by atoms with Crippen molar-refractivity contribution in [1.82, 2.24) is 9.80 Å². The van der Waals surface area contributed by atoms with Crippen molar-refractivity contribution in [3.8, 4) is 12.3 Å². The molecule has 3 amide bonds. The Balaban J connectivity index is 1.70. The Morgan fingerprint density at radius 2 is 1.97 bits per heavy atom. The third-order valence-electron chi connectivity index (χ3n) is 6.72. The van der Waals surface area contributed by atoms with Crippen molar-refractivity contribution in [2.24, 2.45) is 0 Å². The molecule has 0 N–H and O–H groups in total. The summed E-state index contributed by atoms with van der Waals surface area (Å²) in [5, 5.41) is 0. The van der Waals surface area contributed by atoms with Gasteiger partial charge in [0.15, 0.2) is 0 Å². The maximum absolute atomic E-state index is 13.9. The van der Waals surface area contributed by atoms with E-state index in [1.807, 2.05) is 31.2 Å². The number of amides is 3. The predicted molar refractivity (Wildman–Crippen MR) is 119 cm³/mol. The van der Waals surface area contributed by atoms with Crippen molar-refractivity contribution in [2.75, 3.05) is 6.54 Å². The normalized spacial score (nSPS) is 21.2. The van der Waals surface area contributed by atoms with Gasteiger partial charge in [-0.2, -0.15) is 0 Å². The SMILES string of the molecule is C#CCN(Cc1ccco1)C(=O)C[C@]1(c2ccccc2C)CC(=O)N(C2CCCC2)C1=O. The number of rotatable bonds is 7. The van der Waals surface area contributed by atoms with E-state index < -0.39 is 5.41 Å². The standard InChI is InChI=1S/C26H28N2O4/c1-3-14-27(18-21-12-8-15-32-21)23(29)16-26(22-13-7-4-9-19(22)2)17-24(30)28(25(26)31)20-10-5-6-11-20/h1,4,7-9,12-13,15,20H,5-6,10-11,14,16-18H2,2H3/t26-/m1/s1. The minimum absolute atomic E-state index is 0.00354. The third-order valence-corrected chi connectivity index (χ3v) is 6.72. The largest absolute Gasteiger partial charge is 0.467 e. The molecule has 0 radical (unpaired) electrons. The smallest absolute Gasteiger partial charge is 0.241 e. The first-order chi connectivity index (χ1) is 15.5. The van der Waals surface area contributed by atoms with Gasteiger partial charge < -0.3 is 9.32 Å². The van der Waals surface area contributed by atoms with Crippen molar-refractivity contribution < 1.29 is 18.8 Å². The van der Waals surface area contributed by atoms with E-state index in [4.69, 9.17) is 10.8 Å². The topological polar surface area (TPSA) is 70.8 Å². The molecule has 2 aliphatic rings. The third kappa shape index (κ3) is 3.95. The van der Waals surface area contributed by atoms with E-state index in [1.165, 1.54) is 9.80 Å². The maximum Gasteiger partial charge on any atom is 0.241 e. The van der Waals surface area contributed by atoms with E-state index in [1.54, 1.807) is 18.4 Å². The number of carbonyl (C=O) groups is 3. The van der Waals surface area contributed by atoms with Crippen LogP contribution in [0.1, 0.15) is 55.4 Å². The van der Waals surface area contributed by atoms with Gasteiger partial charge in [0.05, 0.1) is 24.8 Å². The van der Waals surface area contributed by atoms with Crippen LogP contribution in [0.25, 0.3) is 0 Å². The quantitative estimate of drug-likeness (QED) is 0.495. The first-order valence-corrected chi connectivity index (χ1v) is 11.1. The molecule has 1 saturated carbocycles. The Morgan fingerprint density at radius 1 is 1.22 bits per heavy atom. The number of hydrogen-bond acceptors (Lipinski definition) is 4. The number of terminal acetylenes is 1. The Kier molecular flexibility index (Phi) is 6.18. The van der Waals surface area contributed by atoms with Crippen molar-refractivity contribution >= 4 is 17.7 Å². The van der Waals surface area contributed by atoms with E-state index in [9.17, 15) is 14.4 Å². The Hall–Kier alpha value is -3.33. The van der Waals surface area contributed by atoms with Gasteiger partial charge in [0, 0.05) is 18.9 Å². The lowest BCUT2D eigenvalue weighted by Gasteiger charge is -2.32. The van der Waals surface area contributed by atoms with E-state index in [0.717, 1.165) is 36.8 Å². The molecule has 2 heterocycles. The summed E-state index contributed by atoms with van der Waals surface area (Å²) in [7, 11) is 0. The zero-order valence-corrected chi connectivity index (χ0v) is 18.4. The number of carbonyl (C=O) groups excluding carboxylic acids is 3. The van der Waals surface area contributed by atoms with Crippen molar-refractivity contribution in [1.29, 1.82) is 0 Å².